The number of nitrogens with zero attached hydrogens (tertiary/aromatic N) is 2. The summed E-state index contributed by atoms with van der Waals surface area (Å²) in [7, 11) is 1.54. The van der Waals surface area contributed by atoms with E-state index in [0.717, 1.165) is 24.8 Å². The van der Waals surface area contributed by atoms with Gasteiger partial charge in [-0.05, 0) is 103 Å². The topological polar surface area (TPSA) is 74.4 Å². The van der Waals surface area contributed by atoms with Gasteiger partial charge in [0.1, 0.15) is 5.75 Å². The van der Waals surface area contributed by atoms with Crippen molar-refractivity contribution in [3.05, 3.63) is 53.1 Å². The van der Waals surface area contributed by atoms with E-state index in [9.17, 15) is 10.2 Å². The molecule has 162 valence electrons. The van der Waals surface area contributed by atoms with E-state index in [1.165, 1.54) is 36.1 Å². The normalized spacial score (nSPS) is 30.8. The summed E-state index contributed by atoms with van der Waals surface area (Å²) in [5.74, 6) is 2.89. The molecule has 2 aromatic carbocycles. The van der Waals surface area contributed by atoms with E-state index in [0.29, 0.717) is 29.3 Å². The van der Waals surface area contributed by atoms with Crippen LogP contribution in [-0.2, 0) is 6.42 Å². The number of fused-ring (bicyclic) bond motifs is 5. The van der Waals surface area contributed by atoms with Gasteiger partial charge in [0.2, 0.25) is 0 Å². The van der Waals surface area contributed by atoms with Gasteiger partial charge in [-0.1, -0.05) is 13.0 Å². The van der Waals surface area contributed by atoms with Crippen LogP contribution in [0.15, 0.2) is 46.6 Å². The van der Waals surface area contributed by atoms with Gasteiger partial charge in [-0.25, -0.2) is 0 Å². The average Bonchev–Trinajstić information content (AvgIpc) is 3.11. The molecular formula is C26H30N2O3. The SMILES string of the molecule is COc1cc(/C=N\N=C2\CC[C@H]3[C@H]4CCc5cc(O)ccc5[C@H]4CC[C@]23C)ccc1O. The lowest BCUT2D eigenvalue weighted by Gasteiger charge is -2.49. The Balaban J connectivity index is 1.36. The second-order valence-corrected chi connectivity index (χ2v) is 9.52. The molecule has 5 nitrogen and oxygen atoms in total. The summed E-state index contributed by atoms with van der Waals surface area (Å²) in [4.78, 5) is 0. The standard InChI is InChI=1S/C26H30N2O3/c1-26-12-11-20-19-7-5-18(29)14-17(19)4-6-21(20)22(26)8-10-25(26)28-27-15-16-3-9-23(30)24(13-16)31-2/h3,5,7,9,13-15,20-22,29-30H,4,6,8,10-12H2,1-2H3/b27-15-,28-25-/t20-,21+,22+,26+/m1/s1. The summed E-state index contributed by atoms with van der Waals surface area (Å²) in [6.07, 6.45) is 8.51. The fourth-order valence-corrected chi connectivity index (χ4v) is 6.46. The minimum absolute atomic E-state index is 0.123. The molecule has 0 aromatic heterocycles. The highest BCUT2D eigenvalue weighted by atomic mass is 16.5. The van der Waals surface area contributed by atoms with Gasteiger partial charge < -0.3 is 14.9 Å². The maximum Gasteiger partial charge on any atom is 0.161 e. The van der Waals surface area contributed by atoms with Crippen LogP contribution in [0, 0.1) is 17.3 Å². The number of aryl methyl sites for hydroxylation is 1. The summed E-state index contributed by atoms with van der Waals surface area (Å²) >= 11 is 0. The Hall–Kier alpha value is -2.82. The molecule has 5 heteroatoms. The number of hydrogen-bond acceptors (Lipinski definition) is 5. The summed E-state index contributed by atoms with van der Waals surface area (Å²) < 4.78 is 5.17. The molecule has 31 heavy (non-hydrogen) atoms. The third-order valence-corrected chi connectivity index (χ3v) is 8.04. The first-order valence-corrected chi connectivity index (χ1v) is 11.3. The van der Waals surface area contributed by atoms with E-state index >= 15 is 0 Å². The minimum atomic E-state index is 0.123. The largest absolute Gasteiger partial charge is 0.508 e. The van der Waals surface area contributed by atoms with Crippen LogP contribution in [0.25, 0.3) is 0 Å². The molecule has 2 aromatic rings. The molecule has 5 rings (SSSR count). The summed E-state index contributed by atoms with van der Waals surface area (Å²) in [6, 6.07) is 11.2. The molecular weight excluding hydrogens is 388 g/mol. The van der Waals surface area contributed by atoms with Crippen LogP contribution in [0.4, 0.5) is 0 Å². The van der Waals surface area contributed by atoms with Crippen molar-refractivity contribution in [2.75, 3.05) is 7.11 Å². The van der Waals surface area contributed by atoms with E-state index in [1.54, 1.807) is 25.5 Å². The van der Waals surface area contributed by atoms with Gasteiger partial charge in [-0.3, -0.25) is 0 Å². The predicted octanol–water partition coefficient (Wildman–Crippen LogP) is 5.44. The Bertz CT molecular complexity index is 1060. The second-order valence-electron chi connectivity index (χ2n) is 9.52. The summed E-state index contributed by atoms with van der Waals surface area (Å²) in [6.45, 7) is 2.39. The molecule has 0 spiro atoms. The van der Waals surface area contributed by atoms with Gasteiger partial charge in [0.25, 0.3) is 0 Å². The molecule has 2 saturated carbocycles. The van der Waals surface area contributed by atoms with Crippen LogP contribution in [-0.4, -0.2) is 29.2 Å². The van der Waals surface area contributed by atoms with Gasteiger partial charge in [-0.15, -0.1) is 0 Å². The van der Waals surface area contributed by atoms with Gasteiger partial charge in [-0.2, -0.15) is 10.2 Å². The Morgan fingerprint density at radius 2 is 1.94 bits per heavy atom. The zero-order valence-corrected chi connectivity index (χ0v) is 18.2. The molecule has 0 amide bonds. The third-order valence-electron chi connectivity index (χ3n) is 8.04. The number of benzene rings is 2. The highest BCUT2D eigenvalue weighted by Gasteiger charge is 2.53. The highest BCUT2D eigenvalue weighted by Crippen LogP contribution is 2.60. The van der Waals surface area contributed by atoms with Gasteiger partial charge in [0.15, 0.2) is 11.5 Å². The Morgan fingerprint density at radius 3 is 2.77 bits per heavy atom. The molecule has 0 heterocycles. The zero-order chi connectivity index (χ0) is 21.6. The molecule has 3 aliphatic rings. The first-order valence-electron chi connectivity index (χ1n) is 11.3. The van der Waals surface area contributed by atoms with Gasteiger partial charge >= 0.3 is 0 Å². The van der Waals surface area contributed by atoms with E-state index in [1.807, 2.05) is 18.2 Å². The maximum atomic E-state index is 9.87. The molecule has 2 N–H and O–H groups in total. The van der Waals surface area contributed by atoms with Crippen molar-refractivity contribution in [3.63, 3.8) is 0 Å². The van der Waals surface area contributed by atoms with Crippen LogP contribution in [0.3, 0.4) is 0 Å². The molecule has 0 saturated heterocycles. The molecule has 3 aliphatic carbocycles. The quantitative estimate of drug-likeness (QED) is 0.515. The van der Waals surface area contributed by atoms with Crippen molar-refractivity contribution >= 4 is 11.9 Å². The smallest absolute Gasteiger partial charge is 0.161 e. The van der Waals surface area contributed by atoms with Crippen molar-refractivity contribution in [2.45, 2.75) is 51.4 Å². The van der Waals surface area contributed by atoms with Crippen LogP contribution >= 0.6 is 0 Å². The third kappa shape index (κ3) is 3.40. The van der Waals surface area contributed by atoms with Crippen LogP contribution in [0.5, 0.6) is 17.2 Å². The zero-order valence-electron chi connectivity index (χ0n) is 18.2. The van der Waals surface area contributed by atoms with E-state index in [2.05, 4.69) is 18.1 Å². The van der Waals surface area contributed by atoms with E-state index < -0.39 is 0 Å². The van der Waals surface area contributed by atoms with Crippen molar-refractivity contribution in [1.82, 2.24) is 0 Å². The summed E-state index contributed by atoms with van der Waals surface area (Å²) in [5, 5.41) is 28.7. The Labute approximate surface area is 183 Å². The number of methoxy groups -OCH3 is 1. The van der Waals surface area contributed by atoms with E-state index in [4.69, 9.17) is 9.84 Å². The average molecular weight is 419 g/mol. The van der Waals surface area contributed by atoms with Crippen LogP contribution in [0.1, 0.15) is 61.6 Å². The van der Waals surface area contributed by atoms with Crippen molar-refractivity contribution < 1.29 is 14.9 Å². The number of rotatable bonds is 3. The molecule has 0 aliphatic heterocycles. The van der Waals surface area contributed by atoms with Crippen LogP contribution < -0.4 is 4.74 Å². The number of hydrogen-bond donors (Lipinski definition) is 2. The lowest BCUT2D eigenvalue weighted by molar-refractivity contribution is 0.0955. The maximum absolute atomic E-state index is 9.87. The second kappa shape index (κ2) is 7.70. The fourth-order valence-electron chi connectivity index (χ4n) is 6.46. The fraction of sp³-hybridized carbons (Fsp3) is 0.462. The van der Waals surface area contributed by atoms with Crippen molar-refractivity contribution in [1.29, 1.82) is 0 Å². The predicted molar refractivity (Wildman–Crippen MR) is 122 cm³/mol. The highest BCUT2D eigenvalue weighted by molar-refractivity contribution is 5.93. The van der Waals surface area contributed by atoms with Crippen LogP contribution in [0.2, 0.25) is 0 Å². The lowest BCUT2D eigenvalue weighted by Crippen LogP contribution is -2.42. The van der Waals surface area contributed by atoms with Crippen molar-refractivity contribution in [3.8, 4) is 17.2 Å². The molecule has 4 atom stereocenters. The van der Waals surface area contributed by atoms with Crippen molar-refractivity contribution in [2.24, 2.45) is 27.5 Å². The first-order chi connectivity index (χ1) is 15.0. The van der Waals surface area contributed by atoms with E-state index in [-0.39, 0.29) is 11.2 Å². The molecule has 0 radical (unpaired) electrons. The molecule has 2 fully saturated rings. The monoisotopic (exact) mass is 418 g/mol. The number of phenolic OH excluding ortho intramolecular Hbond substituents is 2. The Morgan fingerprint density at radius 1 is 1.06 bits per heavy atom. The number of ether oxygens (including phenoxy) is 1. The Kier molecular flexibility index (Phi) is 4.99. The number of phenols is 2. The lowest BCUT2D eigenvalue weighted by atomic mass is 9.55. The van der Waals surface area contributed by atoms with Gasteiger partial charge in [0.05, 0.1) is 13.3 Å². The molecule has 0 unspecified atom stereocenters. The number of aromatic hydroxyl groups is 2. The first kappa shape index (κ1) is 20.1. The summed E-state index contributed by atoms with van der Waals surface area (Å²) in [5.41, 5.74) is 5.01. The molecule has 0 bridgehead atoms. The minimum Gasteiger partial charge on any atom is -0.508 e. The van der Waals surface area contributed by atoms with Gasteiger partial charge in [0, 0.05) is 11.1 Å².